The highest BCUT2D eigenvalue weighted by Crippen LogP contribution is 2.24. The Morgan fingerprint density at radius 3 is 2.27 bits per heavy atom. The number of ether oxygens (including phenoxy) is 1. The van der Waals surface area contributed by atoms with Crippen molar-refractivity contribution in [2.75, 3.05) is 0 Å². The molecule has 0 aromatic heterocycles. The molecule has 0 spiro atoms. The summed E-state index contributed by atoms with van der Waals surface area (Å²) in [4.78, 5) is 39.3. The van der Waals surface area contributed by atoms with E-state index in [2.05, 4.69) is 9.98 Å². The van der Waals surface area contributed by atoms with Crippen LogP contribution in [-0.2, 0) is 9.59 Å². The largest absolute Gasteiger partial charge is 0.423 e. The number of nitrogens with zero attached hydrogens (tertiary/aromatic N) is 2. The van der Waals surface area contributed by atoms with Crippen LogP contribution in [0.25, 0.3) is 0 Å². The molecule has 0 atom stereocenters. The lowest BCUT2D eigenvalue weighted by Crippen LogP contribution is -2.08. The Morgan fingerprint density at radius 1 is 1.00 bits per heavy atom. The van der Waals surface area contributed by atoms with Crippen molar-refractivity contribution < 1.29 is 19.1 Å². The molecule has 6 nitrogen and oxygen atoms in total. The van der Waals surface area contributed by atoms with Gasteiger partial charge in [-0.15, -0.1) is 0 Å². The number of hydrogen-bond donors (Lipinski definition) is 0. The van der Waals surface area contributed by atoms with E-state index < -0.39 is 5.97 Å². The molecular weight excluding hydrogens is 284 g/mol. The summed E-state index contributed by atoms with van der Waals surface area (Å²) in [7, 11) is 0. The SMILES string of the molecule is Cc1cc(OC(=O)c2ccc(N=C=O)cc2)ccc1N=C=O. The van der Waals surface area contributed by atoms with Gasteiger partial charge in [-0.25, -0.2) is 14.4 Å². The summed E-state index contributed by atoms with van der Waals surface area (Å²) in [6, 6.07) is 10.7. The Balaban J connectivity index is 2.16. The zero-order valence-electron chi connectivity index (χ0n) is 11.6. The molecule has 0 aliphatic carbocycles. The van der Waals surface area contributed by atoms with E-state index in [0.717, 1.165) is 0 Å². The van der Waals surface area contributed by atoms with E-state index in [9.17, 15) is 14.4 Å². The second-order valence-corrected chi connectivity index (χ2v) is 4.29. The molecule has 0 saturated carbocycles. The van der Waals surface area contributed by atoms with Crippen molar-refractivity contribution in [2.45, 2.75) is 6.92 Å². The summed E-state index contributed by atoms with van der Waals surface area (Å²) in [5.41, 5.74) is 1.87. The molecule has 0 saturated heterocycles. The van der Waals surface area contributed by atoms with Crippen LogP contribution in [0.3, 0.4) is 0 Å². The van der Waals surface area contributed by atoms with Crippen molar-refractivity contribution >= 4 is 29.5 Å². The quantitative estimate of drug-likeness (QED) is 0.375. The van der Waals surface area contributed by atoms with Gasteiger partial charge in [0.1, 0.15) is 5.75 Å². The van der Waals surface area contributed by atoms with E-state index in [-0.39, 0.29) is 0 Å². The monoisotopic (exact) mass is 294 g/mol. The van der Waals surface area contributed by atoms with Crippen LogP contribution in [-0.4, -0.2) is 18.1 Å². The highest BCUT2D eigenvalue weighted by Gasteiger charge is 2.09. The number of hydrogen-bond acceptors (Lipinski definition) is 6. The lowest BCUT2D eigenvalue weighted by molar-refractivity contribution is 0.0735. The third kappa shape index (κ3) is 3.61. The van der Waals surface area contributed by atoms with Gasteiger partial charge in [0.25, 0.3) is 0 Å². The number of benzene rings is 2. The van der Waals surface area contributed by atoms with Gasteiger partial charge >= 0.3 is 5.97 Å². The molecule has 0 aliphatic rings. The molecule has 0 radical (unpaired) electrons. The molecule has 0 aliphatic heterocycles. The molecule has 0 amide bonds. The lowest BCUT2D eigenvalue weighted by atomic mass is 10.2. The third-order valence-electron chi connectivity index (χ3n) is 2.82. The molecule has 2 aromatic carbocycles. The number of carbonyl (C=O) groups excluding carboxylic acids is 3. The topological polar surface area (TPSA) is 85.2 Å². The van der Waals surface area contributed by atoms with Gasteiger partial charge in [-0.2, -0.15) is 9.98 Å². The number of esters is 1. The average Bonchev–Trinajstić information content (AvgIpc) is 2.51. The fraction of sp³-hybridized carbons (Fsp3) is 0.0625. The highest BCUT2D eigenvalue weighted by atomic mass is 16.5. The van der Waals surface area contributed by atoms with Crippen LogP contribution in [0.15, 0.2) is 52.4 Å². The first kappa shape index (κ1) is 15.1. The van der Waals surface area contributed by atoms with Gasteiger partial charge in [0.15, 0.2) is 0 Å². The van der Waals surface area contributed by atoms with E-state index in [1.807, 2.05) is 0 Å². The van der Waals surface area contributed by atoms with Crippen molar-refractivity contribution in [3.05, 3.63) is 53.6 Å². The number of carbonyl (C=O) groups is 1. The first-order chi connectivity index (χ1) is 10.6. The number of aryl methyl sites for hydroxylation is 1. The van der Waals surface area contributed by atoms with E-state index in [0.29, 0.717) is 28.3 Å². The van der Waals surface area contributed by atoms with Crippen LogP contribution < -0.4 is 4.74 Å². The Hall–Kier alpha value is -3.33. The van der Waals surface area contributed by atoms with Gasteiger partial charge in [-0.1, -0.05) is 0 Å². The van der Waals surface area contributed by atoms with E-state index >= 15 is 0 Å². The summed E-state index contributed by atoms with van der Waals surface area (Å²) in [5, 5.41) is 0. The van der Waals surface area contributed by atoms with Crippen molar-refractivity contribution in [1.82, 2.24) is 0 Å². The van der Waals surface area contributed by atoms with Crippen LogP contribution in [0.4, 0.5) is 11.4 Å². The molecule has 0 N–H and O–H groups in total. The molecule has 2 rings (SSSR count). The molecule has 108 valence electrons. The summed E-state index contributed by atoms with van der Waals surface area (Å²) in [6.45, 7) is 1.74. The van der Waals surface area contributed by atoms with Crippen molar-refractivity contribution in [2.24, 2.45) is 9.98 Å². The maximum Gasteiger partial charge on any atom is 0.343 e. The Morgan fingerprint density at radius 2 is 1.68 bits per heavy atom. The fourth-order valence-electron chi connectivity index (χ4n) is 1.76. The molecule has 0 bridgehead atoms. The highest BCUT2D eigenvalue weighted by molar-refractivity contribution is 5.91. The zero-order chi connectivity index (χ0) is 15.9. The number of isocyanates is 2. The van der Waals surface area contributed by atoms with Crippen LogP contribution in [0.5, 0.6) is 5.75 Å². The first-order valence-corrected chi connectivity index (χ1v) is 6.22. The van der Waals surface area contributed by atoms with Crippen molar-refractivity contribution in [3.63, 3.8) is 0 Å². The predicted octanol–water partition coefficient (Wildman–Crippen LogP) is 3.15. The minimum Gasteiger partial charge on any atom is -0.423 e. The first-order valence-electron chi connectivity index (χ1n) is 6.22. The zero-order valence-corrected chi connectivity index (χ0v) is 11.6. The normalized spacial score (nSPS) is 9.32. The second-order valence-electron chi connectivity index (χ2n) is 4.29. The molecule has 0 heterocycles. The van der Waals surface area contributed by atoms with Crippen LogP contribution >= 0.6 is 0 Å². The van der Waals surface area contributed by atoms with Crippen molar-refractivity contribution in [3.8, 4) is 5.75 Å². The van der Waals surface area contributed by atoms with Crippen LogP contribution in [0.2, 0.25) is 0 Å². The summed E-state index contributed by atoms with van der Waals surface area (Å²) in [6.07, 6.45) is 2.87. The number of rotatable bonds is 4. The predicted molar refractivity (Wildman–Crippen MR) is 78.1 cm³/mol. The molecule has 22 heavy (non-hydrogen) atoms. The average molecular weight is 294 g/mol. The minimum absolute atomic E-state index is 0.317. The lowest BCUT2D eigenvalue weighted by Gasteiger charge is -2.06. The number of aliphatic imine (C=N–C) groups is 2. The van der Waals surface area contributed by atoms with Gasteiger partial charge in [-0.05, 0) is 55.0 Å². The maximum atomic E-state index is 12.0. The minimum atomic E-state index is -0.548. The Bertz CT molecular complexity index is 799. The third-order valence-corrected chi connectivity index (χ3v) is 2.82. The Kier molecular flexibility index (Phi) is 4.73. The van der Waals surface area contributed by atoms with Gasteiger partial charge < -0.3 is 4.74 Å². The van der Waals surface area contributed by atoms with Gasteiger partial charge in [0.05, 0.1) is 16.9 Å². The van der Waals surface area contributed by atoms with Gasteiger partial charge in [-0.3, -0.25) is 0 Å². The van der Waals surface area contributed by atoms with Gasteiger partial charge in [0.2, 0.25) is 12.2 Å². The summed E-state index contributed by atoms with van der Waals surface area (Å²) >= 11 is 0. The molecule has 0 unspecified atom stereocenters. The fourth-order valence-corrected chi connectivity index (χ4v) is 1.76. The molecular formula is C16H10N2O4. The molecule has 0 fully saturated rings. The molecule has 6 heteroatoms. The summed E-state index contributed by atoms with van der Waals surface area (Å²) in [5.74, 6) is -0.213. The van der Waals surface area contributed by atoms with Crippen LogP contribution in [0.1, 0.15) is 15.9 Å². The second kappa shape index (κ2) is 6.90. The maximum absolute atomic E-state index is 12.0. The standard InChI is InChI=1S/C16H10N2O4/c1-11-8-14(6-7-15(11)18-10-20)22-16(21)12-2-4-13(5-3-12)17-9-19/h2-8H,1H3. The van der Waals surface area contributed by atoms with Gasteiger partial charge in [0, 0.05) is 0 Å². The Labute approximate surface area is 125 Å². The van der Waals surface area contributed by atoms with E-state index in [4.69, 9.17) is 4.74 Å². The van der Waals surface area contributed by atoms with Crippen LogP contribution in [0, 0.1) is 6.92 Å². The van der Waals surface area contributed by atoms with E-state index in [1.165, 1.54) is 42.5 Å². The molecule has 2 aromatic rings. The van der Waals surface area contributed by atoms with Crippen molar-refractivity contribution in [1.29, 1.82) is 0 Å². The smallest absolute Gasteiger partial charge is 0.343 e. The summed E-state index contributed by atoms with van der Waals surface area (Å²) < 4.78 is 5.23. The van der Waals surface area contributed by atoms with E-state index in [1.54, 1.807) is 19.1 Å².